The molecule has 0 aromatic carbocycles. The number of hydrogen-bond acceptors (Lipinski definition) is 1. The Morgan fingerprint density at radius 1 is 1.56 bits per heavy atom. The van der Waals surface area contributed by atoms with Crippen molar-refractivity contribution in [2.45, 2.75) is 12.8 Å². The fourth-order valence-electron chi connectivity index (χ4n) is 0.382. The highest BCUT2D eigenvalue weighted by Gasteiger charge is 1.79. The van der Waals surface area contributed by atoms with Crippen molar-refractivity contribution in [3.63, 3.8) is 0 Å². The first-order chi connectivity index (χ1) is 4.27. The molecule has 0 amide bonds. The minimum absolute atomic E-state index is 0.442. The summed E-state index contributed by atoms with van der Waals surface area (Å²) in [5, 5.41) is 7.98. The Bertz CT molecular complexity index is 110. The van der Waals surface area contributed by atoms with Crippen LogP contribution in [0.25, 0.3) is 0 Å². The van der Waals surface area contributed by atoms with E-state index in [1.807, 2.05) is 6.08 Å². The van der Waals surface area contributed by atoms with Crippen molar-refractivity contribution in [3.05, 3.63) is 12.2 Å². The van der Waals surface area contributed by atoms with E-state index >= 15 is 0 Å². The van der Waals surface area contributed by atoms with Gasteiger partial charge in [0.1, 0.15) is 0 Å². The first-order valence-electron chi connectivity index (χ1n) is 2.74. The van der Waals surface area contributed by atoms with E-state index in [9.17, 15) is 0 Å². The highest BCUT2D eigenvalue weighted by Crippen LogP contribution is 1.96. The third-order valence-electron chi connectivity index (χ3n) is 0.769. The quantitative estimate of drug-likeness (QED) is 0.453. The molecule has 0 aromatic rings. The number of alkyl halides is 1. The van der Waals surface area contributed by atoms with Crippen molar-refractivity contribution in [3.8, 4) is 0 Å². The summed E-state index contributed by atoms with van der Waals surface area (Å²) in [5.74, 6) is 0. The Labute approximate surface area is 72.3 Å². The van der Waals surface area contributed by atoms with Crippen molar-refractivity contribution in [1.82, 2.24) is 0 Å². The molecule has 0 saturated carbocycles. The smallest absolute Gasteiger partial charge is 0.0963 e. The SMILES string of the molecule is N=C(Br)/C=C\CCCBr. The van der Waals surface area contributed by atoms with E-state index in [-0.39, 0.29) is 0 Å². The van der Waals surface area contributed by atoms with Gasteiger partial charge in [-0.15, -0.1) is 0 Å². The van der Waals surface area contributed by atoms with Crippen molar-refractivity contribution in [2.24, 2.45) is 0 Å². The van der Waals surface area contributed by atoms with Crippen LogP contribution in [0.2, 0.25) is 0 Å². The van der Waals surface area contributed by atoms with Gasteiger partial charge in [0.2, 0.25) is 0 Å². The molecule has 0 aliphatic heterocycles. The fourth-order valence-corrected chi connectivity index (χ4v) is 0.892. The summed E-state index contributed by atoms with van der Waals surface area (Å²) in [7, 11) is 0. The number of unbranched alkanes of at least 4 members (excludes halogenated alkanes) is 1. The van der Waals surface area contributed by atoms with E-state index in [1.54, 1.807) is 6.08 Å². The lowest BCUT2D eigenvalue weighted by Crippen LogP contribution is -1.74. The predicted octanol–water partition coefficient (Wildman–Crippen LogP) is 3.09. The van der Waals surface area contributed by atoms with Crippen molar-refractivity contribution >= 4 is 36.5 Å². The molecule has 0 heterocycles. The van der Waals surface area contributed by atoms with Crippen molar-refractivity contribution in [1.29, 1.82) is 5.41 Å². The number of rotatable bonds is 4. The maximum Gasteiger partial charge on any atom is 0.0963 e. The molecule has 0 bridgehead atoms. The summed E-state index contributed by atoms with van der Waals surface area (Å²) in [4.78, 5) is 0. The Morgan fingerprint density at radius 3 is 2.67 bits per heavy atom. The van der Waals surface area contributed by atoms with Crippen LogP contribution in [-0.2, 0) is 0 Å². The molecule has 1 N–H and O–H groups in total. The summed E-state index contributed by atoms with van der Waals surface area (Å²) in [6.07, 6.45) is 5.91. The summed E-state index contributed by atoms with van der Waals surface area (Å²) in [6.45, 7) is 0. The Hall–Kier alpha value is 0.370. The first kappa shape index (κ1) is 9.37. The van der Waals surface area contributed by atoms with Crippen molar-refractivity contribution in [2.75, 3.05) is 5.33 Å². The van der Waals surface area contributed by atoms with Gasteiger partial charge in [-0.05, 0) is 34.8 Å². The van der Waals surface area contributed by atoms with Gasteiger partial charge in [0, 0.05) is 5.33 Å². The largest absolute Gasteiger partial charge is 0.293 e. The molecule has 52 valence electrons. The molecule has 0 fully saturated rings. The van der Waals surface area contributed by atoms with E-state index in [1.165, 1.54) is 0 Å². The van der Waals surface area contributed by atoms with Crippen LogP contribution < -0.4 is 0 Å². The number of halogens is 2. The maximum atomic E-state index is 6.95. The van der Waals surface area contributed by atoms with Crippen LogP contribution in [0.4, 0.5) is 0 Å². The third kappa shape index (κ3) is 8.37. The second kappa shape index (κ2) is 6.49. The highest BCUT2D eigenvalue weighted by atomic mass is 79.9. The zero-order valence-corrected chi connectivity index (χ0v) is 8.20. The summed E-state index contributed by atoms with van der Waals surface area (Å²) >= 11 is 6.33. The van der Waals surface area contributed by atoms with Crippen LogP contribution >= 0.6 is 31.9 Å². The molecule has 9 heavy (non-hydrogen) atoms. The molecular weight excluding hydrogens is 246 g/mol. The predicted molar refractivity (Wildman–Crippen MR) is 48.8 cm³/mol. The van der Waals surface area contributed by atoms with E-state index in [0.29, 0.717) is 4.62 Å². The molecule has 0 aliphatic carbocycles. The van der Waals surface area contributed by atoms with Crippen LogP contribution in [-0.4, -0.2) is 9.95 Å². The molecule has 0 atom stereocenters. The molecule has 0 aliphatic rings. The zero-order valence-electron chi connectivity index (χ0n) is 5.03. The summed E-state index contributed by atoms with van der Waals surface area (Å²) in [5.41, 5.74) is 0. The lowest BCUT2D eigenvalue weighted by atomic mass is 10.3. The average molecular weight is 255 g/mol. The third-order valence-corrected chi connectivity index (χ3v) is 1.59. The van der Waals surface area contributed by atoms with Crippen LogP contribution in [0, 0.1) is 5.41 Å². The van der Waals surface area contributed by atoms with Crippen molar-refractivity contribution < 1.29 is 0 Å². The molecule has 3 heteroatoms. The minimum Gasteiger partial charge on any atom is -0.293 e. The summed E-state index contributed by atoms with van der Waals surface area (Å²) in [6, 6.07) is 0. The number of nitrogens with one attached hydrogen (secondary N) is 1. The zero-order chi connectivity index (χ0) is 7.11. The molecule has 0 rings (SSSR count). The minimum atomic E-state index is 0.442. The van der Waals surface area contributed by atoms with E-state index in [4.69, 9.17) is 5.41 Å². The second-order valence-electron chi connectivity index (χ2n) is 1.58. The Balaban J connectivity index is 3.15. The van der Waals surface area contributed by atoms with Gasteiger partial charge in [-0.3, -0.25) is 5.41 Å². The van der Waals surface area contributed by atoms with Gasteiger partial charge in [-0.2, -0.15) is 0 Å². The van der Waals surface area contributed by atoms with Gasteiger partial charge in [0.25, 0.3) is 0 Å². The van der Waals surface area contributed by atoms with Gasteiger partial charge in [0.05, 0.1) is 4.62 Å². The van der Waals surface area contributed by atoms with Gasteiger partial charge < -0.3 is 0 Å². The average Bonchev–Trinajstić information content (AvgIpc) is 1.80. The number of hydrogen-bond donors (Lipinski definition) is 1. The van der Waals surface area contributed by atoms with Crippen LogP contribution in [0.3, 0.4) is 0 Å². The van der Waals surface area contributed by atoms with Gasteiger partial charge in [0.15, 0.2) is 0 Å². The maximum absolute atomic E-state index is 6.95. The van der Waals surface area contributed by atoms with Gasteiger partial charge in [-0.1, -0.05) is 22.0 Å². The lowest BCUT2D eigenvalue weighted by Gasteiger charge is -1.85. The fraction of sp³-hybridized carbons (Fsp3) is 0.500. The first-order valence-corrected chi connectivity index (χ1v) is 4.65. The van der Waals surface area contributed by atoms with Gasteiger partial charge >= 0.3 is 0 Å². The van der Waals surface area contributed by atoms with Crippen LogP contribution in [0.5, 0.6) is 0 Å². The standard InChI is InChI=1S/C6H9Br2N/c7-5-3-1-2-4-6(8)9/h2,4,9H,1,3,5H2/b4-2-,9-6?. The highest BCUT2D eigenvalue weighted by molar-refractivity contribution is 9.18. The molecule has 0 unspecified atom stereocenters. The summed E-state index contributed by atoms with van der Waals surface area (Å²) < 4.78 is 0.442. The normalized spacial score (nSPS) is 10.4. The molecule has 0 spiro atoms. The topological polar surface area (TPSA) is 23.9 Å². The van der Waals surface area contributed by atoms with E-state index in [0.717, 1.165) is 18.2 Å². The van der Waals surface area contributed by atoms with Crippen LogP contribution in [0.15, 0.2) is 12.2 Å². The lowest BCUT2D eigenvalue weighted by molar-refractivity contribution is 0.980. The molecule has 0 saturated heterocycles. The second-order valence-corrected chi connectivity index (χ2v) is 3.23. The monoisotopic (exact) mass is 253 g/mol. The van der Waals surface area contributed by atoms with E-state index < -0.39 is 0 Å². The van der Waals surface area contributed by atoms with Crippen LogP contribution in [0.1, 0.15) is 12.8 Å². The number of allylic oxidation sites excluding steroid dienone is 2. The Kier molecular flexibility index (Phi) is 6.76. The molecule has 0 radical (unpaired) electrons. The molecule has 1 nitrogen and oxygen atoms in total. The van der Waals surface area contributed by atoms with Gasteiger partial charge in [-0.25, -0.2) is 0 Å². The Morgan fingerprint density at radius 2 is 2.22 bits per heavy atom. The molecular formula is C6H9Br2N. The molecule has 0 aromatic heterocycles. The van der Waals surface area contributed by atoms with E-state index in [2.05, 4.69) is 31.9 Å².